The molecule has 2 heteroatoms. The summed E-state index contributed by atoms with van der Waals surface area (Å²) >= 11 is 0. The summed E-state index contributed by atoms with van der Waals surface area (Å²) in [4.78, 5) is 2.26. The van der Waals surface area contributed by atoms with Crippen molar-refractivity contribution in [2.75, 3.05) is 27.2 Å². The van der Waals surface area contributed by atoms with E-state index in [1.54, 1.807) is 0 Å². The fourth-order valence-corrected chi connectivity index (χ4v) is 2.82. The standard InChI is InChI=1S/C13H28N2/c1-11-8-12(2)10-13(9-11)14-6-5-7-15(3)4/h11-14H,5-10H2,1-4H3. The average Bonchev–Trinajstić information content (AvgIpc) is 2.10. The zero-order valence-corrected chi connectivity index (χ0v) is 10.9. The van der Waals surface area contributed by atoms with Crippen molar-refractivity contribution in [3.63, 3.8) is 0 Å². The Morgan fingerprint density at radius 1 is 1.07 bits per heavy atom. The molecule has 0 aromatic rings. The second-order valence-electron chi connectivity index (χ2n) is 5.73. The molecule has 0 bridgehead atoms. The minimum Gasteiger partial charge on any atom is -0.314 e. The van der Waals surface area contributed by atoms with Gasteiger partial charge in [-0.2, -0.15) is 0 Å². The lowest BCUT2D eigenvalue weighted by molar-refractivity contribution is 0.237. The first-order chi connectivity index (χ1) is 7.08. The third kappa shape index (κ3) is 5.53. The molecule has 1 saturated carbocycles. The molecule has 0 aliphatic heterocycles. The molecule has 1 rings (SSSR count). The highest BCUT2D eigenvalue weighted by Gasteiger charge is 2.22. The van der Waals surface area contributed by atoms with Gasteiger partial charge in [-0.15, -0.1) is 0 Å². The molecular formula is C13H28N2. The summed E-state index contributed by atoms with van der Waals surface area (Å²) in [5, 5.41) is 3.71. The Morgan fingerprint density at radius 2 is 1.67 bits per heavy atom. The van der Waals surface area contributed by atoms with Crippen LogP contribution in [0.15, 0.2) is 0 Å². The Hall–Kier alpha value is -0.0800. The molecule has 1 aliphatic carbocycles. The molecule has 0 aromatic heterocycles. The number of nitrogens with one attached hydrogen (secondary N) is 1. The highest BCUT2D eigenvalue weighted by molar-refractivity contribution is 4.79. The number of hydrogen-bond donors (Lipinski definition) is 1. The van der Waals surface area contributed by atoms with E-state index >= 15 is 0 Å². The number of nitrogens with zero attached hydrogens (tertiary/aromatic N) is 1. The molecule has 0 spiro atoms. The molecule has 90 valence electrons. The van der Waals surface area contributed by atoms with E-state index in [1.165, 1.54) is 38.8 Å². The van der Waals surface area contributed by atoms with Crippen LogP contribution in [0.25, 0.3) is 0 Å². The third-order valence-electron chi connectivity index (χ3n) is 3.39. The average molecular weight is 212 g/mol. The minimum atomic E-state index is 0.783. The lowest BCUT2D eigenvalue weighted by Crippen LogP contribution is -2.37. The summed E-state index contributed by atoms with van der Waals surface area (Å²) < 4.78 is 0. The molecule has 1 aliphatic rings. The maximum Gasteiger partial charge on any atom is 0.00721 e. The highest BCUT2D eigenvalue weighted by Crippen LogP contribution is 2.28. The Labute approximate surface area is 95.4 Å². The van der Waals surface area contributed by atoms with Gasteiger partial charge in [-0.1, -0.05) is 13.8 Å². The van der Waals surface area contributed by atoms with Gasteiger partial charge >= 0.3 is 0 Å². The Kier molecular flexibility index (Phi) is 5.62. The number of hydrogen-bond acceptors (Lipinski definition) is 2. The van der Waals surface area contributed by atoms with Crippen molar-refractivity contribution >= 4 is 0 Å². The molecule has 2 unspecified atom stereocenters. The molecule has 0 aromatic carbocycles. The van der Waals surface area contributed by atoms with Crippen LogP contribution in [-0.4, -0.2) is 38.1 Å². The first kappa shape index (κ1) is 13.0. The molecule has 0 saturated heterocycles. The molecule has 1 N–H and O–H groups in total. The van der Waals surface area contributed by atoms with Crippen molar-refractivity contribution in [3.05, 3.63) is 0 Å². The van der Waals surface area contributed by atoms with Crippen molar-refractivity contribution in [1.82, 2.24) is 10.2 Å². The molecule has 0 radical (unpaired) electrons. The normalized spacial score (nSPS) is 32.2. The molecule has 0 amide bonds. The molecule has 0 heterocycles. The van der Waals surface area contributed by atoms with Gasteiger partial charge in [-0.25, -0.2) is 0 Å². The van der Waals surface area contributed by atoms with E-state index in [9.17, 15) is 0 Å². The van der Waals surface area contributed by atoms with E-state index in [4.69, 9.17) is 0 Å². The third-order valence-corrected chi connectivity index (χ3v) is 3.39. The monoisotopic (exact) mass is 212 g/mol. The van der Waals surface area contributed by atoms with E-state index in [-0.39, 0.29) is 0 Å². The van der Waals surface area contributed by atoms with Crippen molar-refractivity contribution in [3.8, 4) is 0 Å². The van der Waals surface area contributed by atoms with Gasteiger partial charge in [-0.3, -0.25) is 0 Å². The molecule has 15 heavy (non-hydrogen) atoms. The van der Waals surface area contributed by atoms with Crippen LogP contribution in [0.1, 0.15) is 39.5 Å². The second-order valence-corrected chi connectivity index (χ2v) is 5.73. The van der Waals surface area contributed by atoms with Crippen molar-refractivity contribution < 1.29 is 0 Å². The summed E-state index contributed by atoms with van der Waals surface area (Å²) in [6.07, 6.45) is 5.46. The topological polar surface area (TPSA) is 15.3 Å². The van der Waals surface area contributed by atoms with Gasteiger partial charge in [0.1, 0.15) is 0 Å². The summed E-state index contributed by atoms with van der Waals surface area (Å²) in [7, 11) is 4.29. The largest absolute Gasteiger partial charge is 0.314 e. The lowest BCUT2D eigenvalue weighted by atomic mass is 9.80. The summed E-state index contributed by atoms with van der Waals surface area (Å²) in [6.45, 7) is 7.17. The van der Waals surface area contributed by atoms with E-state index in [2.05, 4.69) is 38.2 Å². The smallest absolute Gasteiger partial charge is 0.00721 e. The van der Waals surface area contributed by atoms with E-state index in [0.717, 1.165) is 17.9 Å². The summed E-state index contributed by atoms with van der Waals surface area (Å²) in [5.41, 5.74) is 0. The van der Waals surface area contributed by atoms with Gasteiger partial charge < -0.3 is 10.2 Å². The van der Waals surface area contributed by atoms with Crippen LogP contribution in [-0.2, 0) is 0 Å². The maximum absolute atomic E-state index is 3.71. The van der Waals surface area contributed by atoms with Gasteiger partial charge in [-0.05, 0) is 64.7 Å². The second kappa shape index (κ2) is 6.49. The quantitative estimate of drug-likeness (QED) is 0.704. The fourth-order valence-electron chi connectivity index (χ4n) is 2.82. The molecule has 1 fully saturated rings. The zero-order chi connectivity index (χ0) is 11.3. The van der Waals surface area contributed by atoms with Crippen LogP contribution in [0.2, 0.25) is 0 Å². The Balaban J connectivity index is 2.10. The molecular weight excluding hydrogens is 184 g/mol. The Bertz CT molecular complexity index is 158. The first-order valence-corrected chi connectivity index (χ1v) is 6.46. The predicted molar refractivity (Wildman–Crippen MR) is 67.1 cm³/mol. The van der Waals surface area contributed by atoms with Crippen LogP contribution in [0.3, 0.4) is 0 Å². The highest BCUT2D eigenvalue weighted by atomic mass is 15.1. The molecule has 2 nitrogen and oxygen atoms in total. The van der Waals surface area contributed by atoms with E-state index in [1.807, 2.05) is 0 Å². The predicted octanol–water partition coefficient (Wildman–Crippen LogP) is 2.35. The van der Waals surface area contributed by atoms with Gasteiger partial charge in [0.15, 0.2) is 0 Å². The summed E-state index contributed by atoms with van der Waals surface area (Å²) in [6, 6.07) is 0.783. The van der Waals surface area contributed by atoms with Crippen molar-refractivity contribution in [2.24, 2.45) is 11.8 Å². The van der Waals surface area contributed by atoms with Crippen LogP contribution in [0.4, 0.5) is 0 Å². The summed E-state index contributed by atoms with van der Waals surface area (Å²) in [5.74, 6) is 1.83. The van der Waals surface area contributed by atoms with E-state index < -0.39 is 0 Å². The van der Waals surface area contributed by atoms with Crippen molar-refractivity contribution in [2.45, 2.75) is 45.6 Å². The Morgan fingerprint density at radius 3 is 2.20 bits per heavy atom. The SMILES string of the molecule is CC1CC(C)CC(NCCCN(C)C)C1. The minimum absolute atomic E-state index is 0.783. The van der Waals surface area contributed by atoms with Gasteiger partial charge in [0.05, 0.1) is 0 Å². The lowest BCUT2D eigenvalue weighted by Gasteiger charge is -2.32. The molecule has 2 atom stereocenters. The van der Waals surface area contributed by atoms with Crippen LogP contribution in [0.5, 0.6) is 0 Å². The van der Waals surface area contributed by atoms with Crippen LogP contribution < -0.4 is 5.32 Å². The van der Waals surface area contributed by atoms with Crippen molar-refractivity contribution in [1.29, 1.82) is 0 Å². The van der Waals surface area contributed by atoms with Gasteiger partial charge in [0.25, 0.3) is 0 Å². The van der Waals surface area contributed by atoms with Gasteiger partial charge in [0, 0.05) is 6.04 Å². The van der Waals surface area contributed by atoms with Crippen LogP contribution >= 0.6 is 0 Å². The number of rotatable bonds is 5. The van der Waals surface area contributed by atoms with Gasteiger partial charge in [0.2, 0.25) is 0 Å². The van der Waals surface area contributed by atoms with E-state index in [0.29, 0.717) is 0 Å². The fraction of sp³-hybridized carbons (Fsp3) is 1.00. The zero-order valence-electron chi connectivity index (χ0n) is 10.9. The first-order valence-electron chi connectivity index (χ1n) is 6.46. The maximum atomic E-state index is 3.71. The van der Waals surface area contributed by atoms with Crippen LogP contribution in [0, 0.1) is 11.8 Å².